The van der Waals surface area contributed by atoms with Crippen LogP contribution in [0.1, 0.15) is 23.3 Å². The Kier molecular flexibility index (Phi) is 4.12. The summed E-state index contributed by atoms with van der Waals surface area (Å²) in [5, 5.41) is 0. The second kappa shape index (κ2) is 5.75. The van der Waals surface area contributed by atoms with Gasteiger partial charge in [0.15, 0.2) is 0 Å². The summed E-state index contributed by atoms with van der Waals surface area (Å²) in [4.78, 5) is 15.8. The number of thiophene rings is 1. The second-order valence-electron chi connectivity index (χ2n) is 5.46. The van der Waals surface area contributed by atoms with Crippen molar-refractivity contribution in [3.05, 3.63) is 55.6 Å². The van der Waals surface area contributed by atoms with Gasteiger partial charge in [-0.3, -0.25) is 4.79 Å². The lowest BCUT2D eigenvalue weighted by Crippen LogP contribution is -2.35. The molecule has 2 aromatic rings. The van der Waals surface area contributed by atoms with Crippen LogP contribution in [0.2, 0.25) is 4.34 Å². The van der Waals surface area contributed by atoms with Crippen molar-refractivity contribution in [3.63, 3.8) is 0 Å². The Morgan fingerprint density at radius 2 is 2.14 bits per heavy atom. The maximum Gasteiger partial charge on any atom is 0.233 e. The van der Waals surface area contributed by atoms with E-state index >= 15 is 0 Å². The molecule has 1 aromatic carbocycles. The average molecular weight is 385 g/mol. The van der Waals surface area contributed by atoms with Gasteiger partial charge in [-0.05, 0) is 42.7 Å². The van der Waals surface area contributed by atoms with Gasteiger partial charge in [-0.15, -0.1) is 11.3 Å². The van der Waals surface area contributed by atoms with E-state index in [9.17, 15) is 4.79 Å². The first-order valence-corrected chi connectivity index (χ1v) is 8.76. The third-order valence-electron chi connectivity index (χ3n) is 3.91. The molecule has 1 fully saturated rings. The Labute approximate surface area is 141 Å². The second-order valence-corrected chi connectivity index (χ2v) is 8.17. The van der Waals surface area contributed by atoms with Crippen LogP contribution in [0.25, 0.3) is 0 Å². The van der Waals surface area contributed by atoms with Gasteiger partial charge in [-0.2, -0.15) is 0 Å². The first-order chi connectivity index (χ1) is 10.0. The van der Waals surface area contributed by atoms with Crippen LogP contribution in [0.3, 0.4) is 0 Å². The van der Waals surface area contributed by atoms with Crippen LogP contribution in [-0.2, 0) is 16.8 Å². The average Bonchev–Trinajstić information content (AvgIpc) is 3.17. The molecule has 1 amide bonds. The lowest BCUT2D eigenvalue weighted by atomic mass is 9.94. The number of hydrogen-bond donors (Lipinski definition) is 0. The molecule has 0 radical (unpaired) electrons. The van der Waals surface area contributed by atoms with Gasteiger partial charge in [0.25, 0.3) is 0 Å². The molecule has 21 heavy (non-hydrogen) atoms. The molecule has 0 unspecified atom stereocenters. The summed E-state index contributed by atoms with van der Waals surface area (Å²) in [6, 6.07) is 11.9. The molecule has 3 rings (SSSR count). The standard InChI is InChI=1S/C16H15BrClNOS/c1-19(10-13-5-6-14(18)21-13)15(20)16(7-8-16)11-3-2-4-12(17)9-11/h2-6,9H,7-8,10H2,1H3. The quantitative estimate of drug-likeness (QED) is 0.737. The zero-order valence-corrected chi connectivity index (χ0v) is 14.8. The highest BCUT2D eigenvalue weighted by molar-refractivity contribution is 9.10. The minimum Gasteiger partial charge on any atom is -0.340 e. The van der Waals surface area contributed by atoms with Crippen molar-refractivity contribution in [2.45, 2.75) is 24.8 Å². The minimum absolute atomic E-state index is 0.199. The highest BCUT2D eigenvalue weighted by Crippen LogP contribution is 2.50. The number of amides is 1. The Hall–Kier alpha value is -0.840. The zero-order valence-electron chi connectivity index (χ0n) is 11.6. The smallest absolute Gasteiger partial charge is 0.233 e. The lowest BCUT2D eigenvalue weighted by molar-refractivity contribution is -0.133. The molecule has 1 heterocycles. The first kappa shape index (κ1) is 15.1. The number of benzene rings is 1. The Balaban J connectivity index is 1.78. The van der Waals surface area contributed by atoms with E-state index < -0.39 is 0 Å². The zero-order chi connectivity index (χ0) is 15.0. The molecular formula is C16H15BrClNOS. The molecule has 5 heteroatoms. The summed E-state index contributed by atoms with van der Waals surface area (Å²) in [6.45, 7) is 0.617. The molecule has 1 saturated carbocycles. The molecule has 0 saturated heterocycles. The van der Waals surface area contributed by atoms with Crippen LogP contribution in [0, 0.1) is 0 Å². The third-order valence-corrected chi connectivity index (χ3v) is 5.61. The summed E-state index contributed by atoms with van der Waals surface area (Å²) in [5.41, 5.74) is 0.789. The van der Waals surface area contributed by atoms with Gasteiger partial charge in [-0.25, -0.2) is 0 Å². The number of rotatable bonds is 4. The van der Waals surface area contributed by atoms with Crippen LogP contribution >= 0.6 is 38.9 Å². The highest BCUT2D eigenvalue weighted by Gasteiger charge is 2.52. The minimum atomic E-state index is -0.320. The SMILES string of the molecule is CN(Cc1ccc(Cl)s1)C(=O)C1(c2cccc(Br)c2)CC1. The largest absolute Gasteiger partial charge is 0.340 e. The summed E-state index contributed by atoms with van der Waals surface area (Å²) in [7, 11) is 1.87. The van der Waals surface area contributed by atoms with Gasteiger partial charge < -0.3 is 4.90 Å². The highest BCUT2D eigenvalue weighted by atomic mass is 79.9. The number of likely N-dealkylation sites (N-methyl/N-ethyl adjacent to an activating group) is 1. The third kappa shape index (κ3) is 3.03. The van der Waals surface area contributed by atoms with E-state index in [0.717, 1.165) is 32.1 Å². The van der Waals surface area contributed by atoms with E-state index in [1.54, 1.807) is 0 Å². The van der Waals surface area contributed by atoms with Crippen molar-refractivity contribution in [2.24, 2.45) is 0 Å². The molecule has 0 aliphatic heterocycles. The van der Waals surface area contributed by atoms with E-state index in [1.807, 2.05) is 42.3 Å². The van der Waals surface area contributed by atoms with Crippen LogP contribution < -0.4 is 0 Å². The van der Waals surface area contributed by atoms with Gasteiger partial charge in [0.05, 0.1) is 16.3 Å². The fourth-order valence-electron chi connectivity index (χ4n) is 2.64. The van der Waals surface area contributed by atoms with Crippen LogP contribution in [-0.4, -0.2) is 17.9 Å². The van der Waals surface area contributed by atoms with Crippen molar-refractivity contribution in [3.8, 4) is 0 Å². The summed E-state index contributed by atoms with van der Waals surface area (Å²) in [5.74, 6) is 0.199. The van der Waals surface area contributed by atoms with E-state index in [0.29, 0.717) is 6.54 Å². The molecule has 2 nitrogen and oxygen atoms in total. The molecule has 0 N–H and O–H groups in total. The normalized spacial score (nSPS) is 15.8. The van der Waals surface area contributed by atoms with Crippen LogP contribution in [0.4, 0.5) is 0 Å². The number of halogens is 2. The predicted molar refractivity (Wildman–Crippen MR) is 90.9 cm³/mol. The predicted octanol–water partition coefficient (Wildman–Crippen LogP) is 4.85. The van der Waals surface area contributed by atoms with E-state index in [4.69, 9.17) is 11.6 Å². The number of nitrogens with zero attached hydrogens (tertiary/aromatic N) is 1. The van der Waals surface area contributed by atoms with Crippen molar-refractivity contribution in [1.82, 2.24) is 4.90 Å². The van der Waals surface area contributed by atoms with Crippen molar-refractivity contribution in [2.75, 3.05) is 7.05 Å². The topological polar surface area (TPSA) is 20.3 Å². The van der Waals surface area contributed by atoms with Gasteiger partial charge in [0.2, 0.25) is 5.91 Å². The Morgan fingerprint density at radius 1 is 1.38 bits per heavy atom. The molecule has 0 spiro atoms. The molecule has 0 atom stereocenters. The maximum absolute atomic E-state index is 12.8. The van der Waals surface area contributed by atoms with Crippen molar-refractivity contribution < 1.29 is 4.79 Å². The van der Waals surface area contributed by atoms with Crippen molar-refractivity contribution in [1.29, 1.82) is 0 Å². The molecule has 110 valence electrons. The van der Waals surface area contributed by atoms with E-state index in [2.05, 4.69) is 22.0 Å². The summed E-state index contributed by atoms with van der Waals surface area (Å²) < 4.78 is 1.78. The molecule has 1 aliphatic rings. The Morgan fingerprint density at radius 3 is 2.71 bits per heavy atom. The fraction of sp³-hybridized carbons (Fsp3) is 0.312. The summed E-state index contributed by atoms with van der Waals surface area (Å²) >= 11 is 11.0. The molecule has 0 bridgehead atoms. The summed E-state index contributed by atoms with van der Waals surface area (Å²) in [6.07, 6.45) is 1.86. The molecule has 1 aliphatic carbocycles. The Bertz CT molecular complexity index is 680. The van der Waals surface area contributed by atoms with E-state index in [-0.39, 0.29) is 11.3 Å². The number of carbonyl (C=O) groups excluding carboxylic acids is 1. The van der Waals surface area contributed by atoms with Gasteiger partial charge in [0.1, 0.15) is 0 Å². The van der Waals surface area contributed by atoms with Crippen molar-refractivity contribution >= 4 is 44.8 Å². The fourth-order valence-corrected chi connectivity index (χ4v) is 4.19. The number of carbonyl (C=O) groups is 1. The van der Waals surface area contributed by atoms with Gasteiger partial charge in [-0.1, -0.05) is 39.7 Å². The van der Waals surface area contributed by atoms with Crippen LogP contribution in [0.5, 0.6) is 0 Å². The van der Waals surface area contributed by atoms with Crippen LogP contribution in [0.15, 0.2) is 40.9 Å². The molecular weight excluding hydrogens is 370 g/mol. The monoisotopic (exact) mass is 383 g/mol. The first-order valence-electron chi connectivity index (χ1n) is 6.77. The van der Waals surface area contributed by atoms with E-state index in [1.165, 1.54) is 11.3 Å². The number of hydrogen-bond acceptors (Lipinski definition) is 2. The van der Waals surface area contributed by atoms with Gasteiger partial charge in [0, 0.05) is 16.4 Å². The van der Waals surface area contributed by atoms with Gasteiger partial charge >= 0.3 is 0 Å². The lowest BCUT2D eigenvalue weighted by Gasteiger charge is -2.23. The molecule has 1 aromatic heterocycles. The maximum atomic E-state index is 12.8.